The van der Waals surface area contributed by atoms with Crippen molar-refractivity contribution >= 4 is 6.21 Å². The van der Waals surface area contributed by atoms with Gasteiger partial charge in [0, 0.05) is 41.8 Å². The van der Waals surface area contributed by atoms with E-state index in [0.29, 0.717) is 18.4 Å². The zero-order valence-corrected chi connectivity index (χ0v) is 15.0. The molecule has 0 amide bonds. The second kappa shape index (κ2) is 6.43. The molecule has 1 aliphatic heterocycles. The van der Waals surface area contributed by atoms with Gasteiger partial charge < -0.3 is 4.74 Å². The number of hydrogen-bond donors (Lipinski definition) is 0. The molecule has 0 radical (unpaired) electrons. The molecule has 1 saturated carbocycles. The molecule has 1 unspecified atom stereocenters. The Morgan fingerprint density at radius 1 is 1.40 bits per heavy atom. The molecule has 0 spiro atoms. The van der Waals surface area contributed by atoms with Crippen LogP contribution in [0.1, 0.15) is 38.2 Å². The summed E-state index contributed by atoms with van der Waals surface area (Å²) in [5, 5.41) is 4.48. The Balaban J connectivity index is 1.56. The minimum Gasteiger partial charge on any atom is -0.476 e. The van der Waals surface area contributed by atoms with E-state index in [-0.39, 0.29) is 0 Å². The maximum atomic E-state index is 6.11. The highest BCUT2D eigenvalue weighted by Gasteiger charge is 2.33. The number of aromatic nitrogens is 4. The summed E-state index contributed by atoms with van der Waals surface area (Å²) in [6, 6.07) is 0. The fraction of sp³-hybridized carbons (Fsp3) is 0.474. The standard InChI is InChI=1S/C19H23N5O/c1-4-20-12(2)15-8-14(15)11-25-19-17(9-21-13(3)23-19)16-10-22-24-7-5-6-18(16)24/h4,9-10,14H,5-8,11H2,1-3H3/b15-12+,20-4?. The first-order valence-electron chi connectivity index (χ1n) is 8.87. The molecule has 3 heterocycles. The number of hydrogen-bond acceptors (Lipinski definition) is 5. The van der Waals surface area contributed by atoms with Gasteiger partial charge in [-0.3, -0.25) is 9.67 Å². The third-order valence-corrected chi connectivity index (χ3v) is 4.90. The molecule has 2 aromatic rings. The number of rotatable bonds is 5. The van der Waals surface area contributed by atoms with Crippen molar-refractivity contribution in [3.05, 3.63) is 35.2 Å². The molecule has 0 saturated heterocycles. The van der Waals surface area contributed by atoms with Gasteiger partial charge in [0.05, 0.1) is 18.4 Å². The van der Waals surface area contributed by atoms with Gasteiger partial charge in [0.2, 0.25) is 5.88 Å². The lowest BCUT2D eigenvalue weighted by Gasteiger charge is -2.10. The van der Waals surface area contributed by atoms with Crippen LogP contribution in [0.4, 0.5) is 0 Å². The predicted molar refractivity (Wildman–Crippen MR) is 96.8 cm³/mol. The Bertz CT molecular complexity index is 865. The summed E-state index contributed by atoms with van der Waals surface area (Å²) in [5.41, 5.74) is 5.81. The van der Waals surface area contributed by atoms with Gasteiger partial charge in [-0.25, -0.2) is 4.98 Å². The molecule has 6 nitrogen and oxygen atoms in total. The quantitative estimate of drug-likeness (QED) is 0.785. The van der Waals surface area contributed by atoms with Crippen LogP contribution < -0.4 is 4.74 Å². The van der Waals surface area contributed by atoms with E-state index in [9.17, 15) is 0 Å². The summed E-state index contributed by atoms with van der Waals surface area (Å²) in [6.07, 6.45) is 8.87. The van der Waals surface area contributed by atoms with E-state index in [2.05, 4.69) is 31.7 Å². The molecular weight excluding hydrogens is 314 g/mol. The van der Waals surface area contributed by atoms with Crippen molar-refractivity contribution in [3.8, 4) is 17.0 Å². The molecule has 0 aromatic carbocycles. The van der Waals surface area contributed by atoms with E-state index in [1.54, 1.807) is 0 Å². The van der Waals surface area contributed by atoms with Crippen molar-refractivity contribution in [2.75, 3.05) is 6.61 Å². The molecule has 6 heteroatoms. The fourth-order valence-electron chi connectivity index (χ4n) is 3.50. The highest BCUT2D eigenvalue weighted by Crippen LogP contribution is 2.41. The Morgan fingerprint density at radius 3 is 3.12 bits per heavy atom. The molecule has 1 atom stereocenters. The van der Waals surface area contributed by atoms with E-state index in [1.807, 2.05) is 32.5 Å². The number of ether oxygens (including phenoxy) is 1. The summed E-state index contributed by atoms with van der Waals surface area (Å²) in [4.78, 5) is 13.3. The zero-order valence-electron chi connectivity index (χ0n) is 15.0. The molecular formula is C19H23N5O. The summed E-state index contributed by atoms with van der Waals surface area (Å²) < 4.78 is 8.19. The largest absolute Gasteiger partial charge is 0.476 e. The van der Waals surface area contributed by atoms with Crippen LogP contribution >= 0.6 is 0 Å². The first kappa shape index (κ1) is 16.0. The van der Waals surface area contributed by atoms with Crippen molar-refractivity contribution in [1.29, 1.82) is 0 Å². The highest BCUT2D eigenvalue weighted by atomic mass is 16.5. The maximum Gasteiger partial charge on any atom is 0.224 e. The van der Waals surface area contributed by atoms with E-state index in [4.69, 9.17) is 4.74 Å². The van der Waals surface area contributed by atoms with Gasteiger partial charge in [0.25, 0.3) is 0 Å². The first-order chi connectivity index (χ1) is 12.2. The lowest BCUT2D eigenvalue weighted by atomic mass is 10.1. The highest BCUT2D eigenvalue weighted by molar-refractivity contribution is 5.69. The number of aryl methyl sites for hydroxylation is 2. The van der Waals surface area contributed by atoms with Crippen LogP contribution in [0.5, 0.6) is 5.88 Å². The Hall–Kier alpha value is -2.50. The van der Waals surface area contributed by atoms with Gasteiger partial charge in [0.1, 0.15) is 5.82 Å². The molecule has 1 aliphatic carbocycles. The van der Waals surface area contributed by atoms with Crippen molar-refractivity contribution in [2.24, 2.45) is 10.9 Å². The monoisotopic (exact) mass is 337 g/mol. The van der Waals surface area contributed by atoms with Crippen molar-refractivity contribution < 1.29 is 4.74 Å². The van der Waals surface area contributed by atoms with Crippen LogP contribution in [0.15, 0.2) is 28.7 Å². The van der Waals surface area contributed by atoms with E-state index < -0.39 is 0 Å². The number of nitrogens with zero attached hydrogens (tertiary/aromatic N) is 5. The van der Waals surface area contributed by atoms with Crippen LogP contribution in [0, 0.1) is 12.8 Å². The van der Waals surface area contributed by atoms with Crippen molar-refractivity contribution in [2.45, 2.75) is 46.6 Å². The second-order valence-electron chi connectivity index (χ2n) is 6.68. The first-order valence-corrected chi connectivity index (χ1v) is 8.87. The number of aliphatic imine (C=N–C) groups is 1. The summed E-state index contributed by atoms with van der Waals surface area (Å²) in [7, 11) is 0. The normalized spacial score (nSPS) is 20.8. The maximum absolute atomic E-state index is 6.11. The lowest BCUT2D eigenvalue weighted by Crippen LogP contribution is -2.05. The number of fused-ring (bicyclic) bond motifs is 1. The number of allylic oxidation sites excluding steroid dienone is 1. The third-order valence-electron chi connectivity index (χ3n) is 4.90. The third kappa shape index (κ3) is 3.08. The van der Waals surface area contributed by atoms with Gasteiger partial charge in [-0.2, -0.15) is 10.1 Å². The molecule has 2 aromatic heterocycles. The Morgan fingerprint density at radius 2 is 2.28 bits per heavy atom. The fourth-order valence-corrected chi connectivity index (χ4v) is 3.50. The molecule has 1 fully saturated rings. The molecule has 2 aliphatic rings. The lowest BCUT2D eigenvalue weighted by molar-refractivity contribution is 0.293. The summed E-state index contributed by atoms with van der Waals surface area (Å²) in [5.74, 6) is 1.84. The van der Waals surface area contributed by atoms with Gasteiger partial charge in [-0.1, -0.05) is 0 Å². The van der Waals surface area contributed by atoms with Gasteiger partial charge in [-0.15, -0.1) is 0 Å². The van der Waals surface area contributed by atoms with Crippen LogP contribution in [-0.4, -0.2) is 32.6 Å². The SMILES string of the molecule is CC=N/C(C)=C1\CC1COc1nc(C)ncc1-c1cnn2c1CCC2. The van der Waals surface area contributed by atoms with Gasteiger partial charge >= 0.3 is 0 Å². The average Bonchev–Trinajstić information content (AvgIpc) is 3.03. The van der Waals surface area contributed by atoms with E-state index in [0.717, 1.165) is 48.5 Å². The predicted octanol–water partition coefficient (Wildman–Crippen LogP) is 3.36. The average molecular weight is 337 g/mol. The van der Waals surface area contributed by atoms with Gasteiger partial charge in [-0.05, 0) is 45.6 Å². The summed E-state index contributed by atoms with van der Waals surface area (Å²) in [6.45, 7) is 7.52. The van der Waals surface area contributed by atoms with Crippen LogP contribution in [-0.2, 0) is 13.0 Å². The van der Waals surface area contributed by atoms with Gasteiger partial charge in [0.15, 0.2) is 0 Å². The molecule has 25 heavy (non-hydrogen) atoms. The summed E-state index contributed by atoms with van der Waals surface area (Å²) >= 11 is 0. The minimum atomic E-state index is 0.449. The smallest absolute Gasteiger partial charge is 0.224 e. The van der Waals surface area contributed by atoms with E-state index >= 15 is 0 Å². The zero-order chi connectivity index (χ0) is 17.4. The molecule has 0 N–H and O–H groups in total. The Kier molecular flexibility index (Phi) is 4.11. The van der Waals surface area contributed by atoms with Crippen molar-refractivity contribution in [3.63, 3.8) is 0 Å². The second-order valence-corrected chi connectivity index (χ2v) is 6.68. The molecule has 4 rings (SSSR count). The van der Waals surface area contributed by atoms with Crippen LogP contribution in [0.25, 0.3) is 11.1 Å². The van der Waals surface area contributed by atoms with Crippen LogP contribution in [0.3, 0.4) is 0 Å². The van der Waals surface area contributed by atoms with Crippen LogP contribution in [0.2, 0.25) is 0 Å². The molecule has 130 valence electrons. The minimum absolute atomic E-state index is 0.449. The molecule has 0 bridgehead atoms. The van der Waals surface area contributed by atoms with E-state index in [1.165, 1.54) is 11.3 Å². The Labute approximate surface area is 147 Å². The topological polar surface area (TPSA) is 65.2 Å². The van der Waals surface area contributed by atoms with Crippen molar-refractivity contribution in [1.82, 2.24) is 19.7 Å².